The zero-order chi connectivity index (χ0) is 39.4. The third-order valence-electron chi connectivity index (χ3n) is 10.7. The first kappa shape index (κ1) is 39.7. The van der Waals surface area contributed by atoms with E-state index in [1.165, 1.54) is 19.1 Å². The molecule has 2 aromatic carbocycles. The molecule has 14 heteroatoms. The van der Waals surface area contributed by atoms with E-state index in [0.717, 1.165) is 87.3 Å². The number of ether oxygens (including phenoxy) is 2. The van der Waals surface area contributed by atoms with Crippen molar-refractivity contribution in [1.82, 2.24) is 35.5 Å². The fourth-order valence-electron chi connectivity index (χ4n) is 7.63. The van der Waals surface area contributed by atoms with E-state index in [9.17, 15) is 14.4 Å². The molecule has 0 spiro atoms. The topological polar surface area (TPSA) is 180 Å². The molecule has 5 aromatic rings. The lowest BCUT2D eigenvalue weighted by molar-refractivity contribution is -0.135. The number of rotatable bonds is 14. The second kappa shape index (κ2) is 17.2. The van der Waals surface area contributed by atoms with Crippen LogP contribution in [0.3, 0.4) is 0 Å². The third kappa shape index (κ3) is 8.65. The van der Waals surface area contributed by atoms with Crippen molar-refractivity contribution < 1.29 is 23.9 Å². The predicted molar refractivity (Wildman–Crippen MR) is 217 cm³/mol. The van der Waals surface area contributed by atoms with Crippen molar-refractivity contribution >= 4 is 51.2 Å². The molecule has 55 heavy (non-hydrogen) atoms. The van der Waals surface area contributed by atoms with E-state index in [0.29, 0.717) is 13.1 Å². The predicted octanol–water partition coefficient (Wildman–Crippen LogP) is 7.78. The van der Waals surface area contributed by atoms with Gasteiger partial charge in [0, 0.05) is 28.8 Å². The summed E-state index contributed by atoms with van der Waals surface area (Å²) >= 11 is 1.70. The Balaban J connectivity index is 1.23. The molecule has 0 unspecified atom stereocenters. The van der Waals surface area contributed by atoms with Crippen LogP contribution in [0.5, 0.6) is 0 Å². The highest BCUT2D eigenvalue weighted by molar-refractivity contribution is 7.19. The highest BCUT2D eigenvalue weighted by atomic mass is 32.1. The highest BCUT2D eigenvalue weighted by Crippen LogP contribution is 2.40. The van der Waals surface area contributed by atoms with Crippen LogP contribution in [0.2, 0.25) is 0 Å². The molecule has 0 bridgehead atoms. The van der Waals surface area contributed by atoms with Crippen LogP contribution in [0.15, 0.2) is 42.6 Å². The second-order valence-corrected chi connectivity index (χ2v) is 16.3. The summed E-state index contributed by atoms with van der Waals surface area (Å²) in [6.45, 7) is 11.3. The molecule has 0 aliphatic carbocycles. The van der Waals surface area contributed by atoms with Gasteiger partial charge in [-0.2, -0.15) is 0 Å². The Labute approximate surface area is 326 Å². The lowest BCUT2D eigenvalue weighted by Gasteiger charge is -2.30. The van der Waals surface area contributed by atoms with E-state index in [-0.39, 0.29) is 35.7 Å². The molecule has 3 amide bonds. The molecule has 294 valence electrons. The average Bonchev–Trinajstić information content (AvgIpc) is 4.00. The summed E-state index contributed by atoms with van der Waals surface area (Å²) in [5.74, 6) is 1.71. The van der Waals surface area contributed by atoms with Crippen LogP contribution in [-0.2, 0) is 14.3 Å². The minimum atomic E-state index is -0.685. The van der Waals surface area contributed by atoms with Crippen molar-refractivity contribution in [3.8, 4) is 21.0 Å². The van der Waals surface area contributed by atoms with Gasteiger partial charge in [-0.25, -0.2) is 19.6 Å². The number of nitrogens with two attached hydrogens (primary N) is 1. The van der Waals surface area contributed by atoms with Crippen molar-refractivity contribution in [2.24, 2.45) is 17.6 Å². The second-order valence-electron chi connectivity index (χ2n) is 15.2. The van der Waals surface area contributed by atoms with Gasteiger partial charge in [-0.1, -0.05) is 45.9 Å². The number of imidazole rings is 2. The van der Waals surface area contributed by atoms with E-state index in [1.807, 2.05) is 24.9 Å². The maximum Gasteiger partial charge on any atom is 0.407 e. The van der Waals surface area contributed by atoms with Crippen molar-refractivity contribution in [3.63, 3.8) is 0 Å². The van der Waals surface area contributed by atoms with Crippen LogP contribution in [0.1, 0.15) is 89.0 Å². The van der Waals surface area contributed by atoms with Gasteiger partial charge in [-0.05, 0) is 92.1 Å². The maximum atomic E-state index is 13.6. The normalized spacial score (nSPS) is 16.2. The Morgan fingerprint density at radius 1 is 1.02 bits per heavy atom. The number of aryl methyl sites for hydroxylation is 1. The number of thiophene rings is 1. The number of H-pyrrole nitrogens is 2. The summed E-state index contributed by atoms with van der Waals surface area (Å²) in [6.07, 6.45) is 4.87. The minimum Gasteiger partial charge on any atom is -0.453 e. The number of aromatic amines is 2. The summed E-state index contributed by atoms with van der Waals surface area (Å²) in [7, 11) is 2.68. The molecule has 0 radical (unpaired) electrons. The quantitative estimate of drug-likeness (QED) is 0.0759. The van der Waals surface area contributed by atoms with Crippen LogP contribution in [0.25, 0.3) is 42.8 Å². The number of hydrogen-bond acceptors (Lipinski definition) is 9. The van der Waals surface area contributed by atoms with E-state index < -0.39 is 18.2 Å². The van der Waals surface area contributed by atoms with Crippen LogP contribution in [0, 0.1) is 18.8 Å². The summed E-state index contributed by atoms with van der Waals surface area (Å²) < 4.78 is 9.68. The SMILES string of the molecule is COC(=O)N[C@H](C(=O)N1CCC[C@H]1c1ncc(-c2cc(C)c(-c3ccc4c(ccc5[nH]c([C@H](CCCN)C[C@@H](NC(=O)OC)C(C)C)nc54)c3)s2)[nH]1)C(C)C. The minimum absolute atomic E-state index is 0.0732. The molecule has 3 aromatic heterocycles. The smallest absolute Gasteiger partial charge is 0.407 e. The van der Waals surface area contributed by atoms with Gasteiger partial charge in [-0.15, -0.1) is 11.3 Å². The van der Waals surface area contributed by atoms with Crippen molar-refractivity contribution in [1.29, 1.82) is 0 Å². The number of nitrogens with one attached hydrogen (secondary N) is 4. The molecule has 1 aliphatic rings. The molecule has 6 rings (SSSR count). The fraction of sp³-hybridized carbons (Fsp3) is 0.488. The van der Waals surface area contributed by atoms with Gasteiger partial charge in [-0.3, -0.25) is 4.79 Å². The highest BCUT2D eigenvalue weighted by Gasteiger charge is 2.37. The number of fused-ring (bicyclic) bond motifs is 3. The number of likely N-dealkylation sites (tertiary alicyclic amines) is 1. The Morgan fingerprint density at radius 3 is 2.49 bits per heavy atom. The molecule has 1 fully saturated rings. The van der Waals surface area contributed by atoms with Crippen LogP contribution < -0.4 is 16.4 Å². The summed E-state index contributed by atoms with van der Waals surface area (Å²) in [4.78, 5) is 58.8. The lowest BCUT2D eigenvalue weighted by Crippen LogP contribution is -2.51. The van der Waals surface area contributed by atoms with Crippen LogP contribution in [0.4, 0.5) is 9.59 Å². The van der Waals surface area contributed by atoms with Gasteiger partial charge < -0.3 is 40.7 Å². The molecule has 4 heterocycles. The molecular formula is C41H54N8O5S. The molecular weight excluding hydrogens is 717 g/mol. The number of nitrogens with zero attached hydrogens (tertiary/aromatic N) is 3. The summed E-state index contributed by atoms with van der Waals surface area (Å²) in [5, 5.41) is 7.89. The zero-order valence-corrected chi connectivity index (χ0v) is 33.6. The average molecular weight is 771 g/mol. The van der Waals surface area contributed by atoms with Gasteiger partial charge in [0.2, 0.25) is 5.91 Å². The number of carbonyl (C=O) groups excluding carboxylic acids is 3. The molecule has 1 aliphatic heterocycles. The third-order valence-corrected chi connectivity index (χ3v) is 12.1. The number of methoxy groups -OCH3 is 2. The van der Waals surface area contributed by atoms with E-state index in [1.54, 1.807) is 11.3 Å². The van der Waals surface area contributed by atoms with Crippen molar-refractivity contribution in [2.75, 3.05) is 27.3 Å². The number of hydrogen-bond donors (Lipinski definition) is 5. The zero-order valence-electron chi connectivity index (χ0n) is 32.8. The first-order valence-electron chi connectivity index (χ1n) is 19.2. The molecule has 0 saturated carbocycles. The Morgan fingerprint density at radius 2 is 1.78 bits per heavy atom. The van der Waals surface area contributed by atoms with E-state index in [2.05, 4.69) is 77.8 Å². The molecule has 4 atom stereocenters. The van der Waals surface area contributed by atoms with Crippen molar-refractivity contribution in [3.05, 3.63) is 59.8 Å². The first-order valence-corrected chi connectivity index (χ1v) is 20.0. The maximum absolute atomic E-state index is 13.6. The number of aromatic nitrogens is 4. The number of carbonyl (C=O) groups is 3. The van der Waals surface area contributed by atoms with Gasteiger partial charge in [0.1, 0.15) is 17.7 Å². The van der Waals surface area contributed by atoms with Gasteiger partial charge >= 0.3 is 12.2 Å². The Hall–Kier alpha value is -4.95. The van der Waals surface area contributed by atoms with Gasteiger partial charge in [0.05, 0.1) is 48.1 Å². The van der Waals surface area contributed by atoms with Gasteiger partial charge in [0.15, 0.2) is 0 Å². The van der Waals surface area contributed by atoms with Crippen LogP contribution >= 0.6 is 11.3 Å². The molecule has 13 nitrogen and oxygen atoms in total. The van der Waals surface area contributed by atoms with Crippen molar-refractivity contribution in [2.45, 2.75) is 90.8 Å². The monoisotopic (exact) mass is 770 g/mol. The van der Waals surface area contributed by atoms with E-state index in [4.69, 9.17) is 25.2 Å². The Bertz CT molecular complexity index is 2140. The lowest BCUT2D eigenvalue weighted by atomic mass is 9.89. The van der Waals surface area contributed by atoms with Gasteiger partial charge in [0.25, 0.3) is 0 Å². The fourth-order valence-corrected chi connectivity index (χ4v) is 8.76. The summed E-state index contributed by atoms with van der Waals surface area (Å²) in [6, 6.07) is 12.0. The number of amides is 3. The molecule has 6 N–H and O–H groups in total. The first-order chi connectivity index (χ1) is 26.4. The molecule has 1 saturated heterocycles. The standard InChI is InChI=1S/C41H54N8O5S/c1-22(2)30(46-40(51)53-6)20-27(10-8-16-42)37-44-29-15-13-25-19-26(12-14-28(25)35(29)47-37)36-24(5)18-33(55-36)31-21-43-38(45-31)32-11-9-17-49(32)39(50)34(23(3)4)48-41(52)54-7/h12-15,18-19,21-23,27,30,32,34H,8-11,16-17,20,42H2,1-7H3,(H,43,45)(H,44,47)(H,46,51)(H,48,52)/t27-,30-,32+,34+/m1/s1. The van der Waals surface area contributed by atoms with Crippen LogP contribution in [-0.4, -0.2) is 82.3 Å². The number of alkyl carbamates (subject to hydrolysis) is 2. The largest absolute Gasteiger partial charge is 0.453 e. The summed E-state index contributed by atoms with van der Waals surface area (Å²) in [5.41, 5.74) is 11.0. The number of benzene rings is 2. The Kier molecular flexibility index (Phi) is 12.5. The van der Waals surface area contributed by atoms with E-state index >= 15 is 0 Å².